The fourth-order valence-corrected chi connectivity index (χ4v) is 5.16. The second-order valence-electron chi connectivity index (χ2n) is 9.72. The third-order valence-electron chi connectivity index (χ3n) is 7.06. The van der Waals surface area contributed by atoms with Crippen LogP contribution in [0.5, 0.6) is 0 Å². The molecule has 2 aliphatic heterocycles. The Balaban J connectivity index is 1.70. The van der Waals surface area contributed by atoms with Crippen LogP contribution in [0.2, 0.25) is 0 Å². The van der Waals surface area contributed by atoms with Crippen molar-refractivity contribution in [1.82, 2.24) is 0 Å². The van der Waals surface area contributed by atoms with Gasteiger partial charge in [-0.25, -0.2) is 4.79 Å². The number of hydrogen-bond acceptors (Lipinski definition) is 4. The van der Waals surface area contributed by atoms with Crippen LogP contribution in [0.25, 0.3) is 0 Å². The number of anilines is 1. The van der Waals surface area contributed by atoms with Crippen molar-refractivity contribution in [3.05, 3.63) is 82.6 Å². The Bertz CT molecular complexity index is 1300. The molecule has 4 rings (SSSR count). The molecule has 0 bridgehead atoms. The number of aromatic carboxylic acids is 2. The van der Waals surface area contributed by atoms with E-state index in [1.54, 1.807) is 24.3 Å². The van der Waals surface area contributed by atoms with Crippen LogP contribution >= 0.6 is 0 Å². The van der Waals surface area contributed by atoms with Gasteiger partial charge in [-0.3, -0.25) is 0 Å². The zero-order valence-corrected chi connectivity index (χ0v) is 19.8. The summed E-state index contributed by atoms with van der Waals surface area (Å²) in [5.41, 5.74) is 5.75. The predicted molar refractivity (Wildman–Crippen MR) is 127 cm³/mol. The monoisotopic (exact) mass is 444 g/mol. The van der Waals surface area contributed by atoms with E-state index in [0.717, 1.165) is 33.9 Å². The third-order valence-corrected chi connectivity index (χ3v) is 7.06. The molecule has 0 aliphatic carbocycles. The summed E-state index contributed by atoms with van der Waals surface area (Å²) < 4.78 is 2.08. The van der Waals surface area contributed by atoms with Gasteiger partial charge < -0.3 is 19.9 Å². The van der Waals surface area contributed by atoms with Crippen LogP contribution in [0.15, 0.2) is 60.3 Å². The van der Waals surface area contributed by atoms with E-state index in [4.69, 9.17) is 0 Å². The van der Waals surface area contributed by atoms with Gasteiger partial charge in [0.15, 0.2) is 5.71 Å². The van der Waals surface area contributed by atoms with Crippen LogP contribution in [0.1, 0.15) is 59.5 Å². The SMILES string of the molecule is CN1C(=CC=CC2=[N+](C)c3ccc(C(=O)[O-])cc3C2(C)C)C(C)(C)c2cc(C(=O)O)ccc21. The van der Waals surface area contributed by atoms with Crippen LogP contribution in [-0.2, 0) is 10.8 Å². The first-order valence-electron chi connectivity index (χ1n) is 10.8. The van der Waals surface area contributed by atoms with E-state index in [1.165, 1.54) is 0 Å². The van der Waals surface area contributed by atoms with Crippen LogP contribution in [0.4, 0.5) is 11.4 Å². The van der Waals surface area contributed by atoms with Crippen molar-refractivity contribution in [2.45, 2.75) is 38.5 Å². The maximum Gasteiger partial charge on any atom is 0.335 e. The highest BCUT2D eigenvalue weighted by Gasteiger charge is 2.43. The van der Waals surface area contributed by atoms with Crippen molar-refractivity contribution < 1.29 is 24.4 Å². The Hall–Kier alpha value is -3.67. The van der Waals surface area contributed by atoms with Gasteiger partial charge in [0.05, 0.1) is 16.9 Å². The second-order valence-corrected chi connectivity index (χ2v) is 9.72. The molecule has 0 atom stereocenters. The summed E-state index contributed by atoms with van der Waals surface area (Å²) in [5, 5.41) is 20.7. The molecule has 6 heteroatoms. The van der Waals surface area contributed by atoms with E-state index in [-0.39, 0.29) is 22.0 Å². The molecule has 0 fully saturated rings. The molecular formula is C27H28N2O4. The first kappa shape index (κ1) is 22.5. The largest absolute Gasteiger partial charge is 0.545 e. The highest BCUT2D eigenvalue weighted by molar-refractivity contribution is 6.03. The number of fused-ring (bicyclic) bond motifs is 2. The van der Waals surface area contributed by atoms with E-state index in [2.05, 4.69) is 49.3 Å². The number of hydrogen-bond donors (Lipinski definition) is 1. The Kier molecular flexibility index (Phi) is 5.08. The van der Waals surface area contributed by atoms with E-state index >= 15 is 0 Å². The Morgan fingerprint density at radius 1 is 1.00 bits per heavy atom. The smallest absolute Gasteiger partial charge is 0.335 e. The van der Waals surface area contributed by atoms with E-state index in [9.17, 15) is 19.8 Å². The number of allylic oxidation sites excluding steroid dienone is 4. The van der Waals surface area contributed by atoms with Gasteiger partial charge >= 0.3 is 5.97 Å². The van der Waals surface area contributed by atoms with Crippen LogP contribution in [-0.4, -0.2) is 41.4 Å². The molecule has 0 aromatic heterocycles. The lowest BCUT2D eigenvalue weighted by Gasteiger charge is -2.23. The number of carboxylic acids is 2. The van der Waals surface area contributed by atoms with Gasteiger partial charge in [-0.05, 0) is 61.4 Å². The molecule has 6 nitrogen and oxygen atoms in total. The van der Waals surface area contributed by atoms with E-state index in [1.807, 2.05) is 32.3 Å². The fraction of sp³-hybridized carbons (Fsp3) is 0.296. The Morgan fingerprint density at radius 3 is 2.27 bits per heavy atom. The molecule has 0 saturated heterocycles. The van der Waals surface area contributed by atoms with E-state index in [0.29, 0.717) is 0 Å². The van der Waals surface area contributed by atoms with E-state index < -0.39 is 11.9 Å². The molecule has 33 heavy (non-hydrogen) atoms. The molecule has 2 heterocycles. The standard InChI is InChI=1S/C27H28N2O4/c1-26(2)18-14-16(24(30)31)10-12-20(18)28(5)22(26)8-7-9-23-27(3,4)19-15-17(25(32)33)11-13-21(19)29(23)6/h7-15H,1-6H3,(H-,30,31,32,33). The number of carboxylic acid groups (broad SMARTS) is 2. The first-order chi connectivity index (χ1) is 15.4. The summed E-state index contributed by atoms with van der Waals surface area (Å²) in [6, 6.07) is 10.4. The zero-order valence-electron chi connectivity index (χ0n) is 19.8. The quantitative estimate of drug-likeness (QED) is 0.729. The topological polar surface area (TPSA) is 83.7 Å². The summed E-state index contributed by atoms with van der Waals surface area (Å²) in [6.07, 6.45) is 6.13. The Morgan fingerprint density at radius 2 is 1.64 bits per heavy atom. The molecule has 2 aromatic carbocycles. The van der Waals surface area contributed by atoms with Gasteiger partial charge in [0.2, 0.25) is 5.69 Å². The van der Waals surface area contributed by atoms with Crippen LogP contribution in [0, 0.1) is 0 Å². The molecule has 2 aromatic rings. The van der Waals surface area contributed by atoms with Gasteiger partial charge in [-0.15, -0.1) is 0 Å². The fourth-order valence-electron chi connectivity index (χ4n) is 5.16. The van der Waals surface area contributed by atoms with Crippen molar-refractivity contribution in [2.24, 2.45) is 0 Å². The van der Waals surface area contributed by atoms with Crippen molar-refractivity contribution >= 4 is 29.0 Å². The molecule has 0 unspecified atom stereocenters. The maximum absolute atomic E-state index is 11.5. The van der Waals surface area contributed by atoms with Gasteiger partial charge in [0.25, 0.3) is 0 Å². The predicted octanol–water partition coefficient (Wildman–Crippen LogP) is 3.62. The van der Waals surface area contributed by atoms with Crippen LogP contribution < -0.4 is 10.0 Å². The first-order valence-corrected chi connectivity index (χ1v) is 10.8. The highest BCUT2D eigenvalue weighted by atomic mass is 16.4. The lowest BCUT2D eigenvalue weighted by Crippen LogP contribution is -2.27. The summed E-state index contributed by atoms with van der Waals surface area (Å²) >= 11 is 0. The molecule has 0 radical (unpaired) electrons. The summed E-state index contributed by atoms with van der Waals surface area (Å²) in [7, 11) is 3.97. The normalized spacial score (nSPS) is 19.3. The van der Waals surface area contributed by atoms with Crippen LogP contribution in [0.3, 0.4) is 0 Å². The highest BCUT2D eigenvalue weighted by Crippen LogP contribution is 2.47. The number of carbonyl (C=O) groups excluding carboxylic acids is 1. The third kappa shape index (κ3) is 3.37. The van der Waals surface area contributed by atoms with Gasteiger partial charge in [0, 0.05) is 41.6 Å². The summed E-state index contributed by atoms with van der Waals surface area (Å²) in [5.74, 6) is -2.11. The number of rotatable bonds is 4. The minimum Gasteiger partial charge on any atom is -0.545 e. The Labute approximate surface area is 193 Å². The summed E-state index contributed by atoms with van der Waals surface area (Å²) in [6.45, 7) is 8.35. The number of carbonyl (C=O) groups is 2. The molecular weight excluding hydrogens is 416 g/mol. The molecule has 0 amide bonds. The minimum absolute atomic E-state index is 0.176. The molecule has 1 N–H and O–H groups in total. The van der Waals surface area contributed by atoms with Gasteiger partial charge in [0.1, 0.15) is 7.05 Å². The van der Waals surface area contributed by atoms with Crippen molar-refractivity contribution in [2.75, 3.05) is 19.0 Å². The molecule has 170 valence electrons. The molecule has 0 spiro atoms. The average molecular weight is 445 g/mol. The maximum atomic E-state index is 11.5. The number of benzene rings is 2. The summed E-state index contributed by atoms with van der Waals surface area (Å²) in [4.78, 5) is 24.9. The van der Waals surface area contributed by atoms with Gasteiger partial charge in [-0.1, -0.05) is 19.9 Å². The van der Waals surface area contributed by atoms with Crippen molar-refractivity contribution in [1.29, 1.82) is 0 Å². The van der Waals surface area contributed by atoms with Crippen molar-refractivity contribution in [3.63, 3.8) is 0 Å². The number of likely N-dealkylation sites (N-methyl/N-ethyl adjacent to an activating group) is 1. The molecule has 0 saturated carbocycles. The number of nitrogens with zero attached hydrogens (tertiary/aromatic N) is 2. The lowest BCUT2D eigenvalue weighted by molar-refractivity contribution is -0.401. The van der Waals surface area contributed by atoms with Crippen molar-refractivity contribution in [3.8, 4) is 0 Å². The average Bonchev–Trinajstić information content (AvgIpc) is 3.06. The zero-order chi connectivity index (χ0) is 24.3. The lowest BCUT2D eigenvalue weighted by atomic mass is 9.80. The minimum atomic E-state index is -1.18. The molecule has 2 aliphatic rings. The van der Waals surface area contributed by atoms with Gasteiger partial charge in [-0.2, -0.15) is 4.58 Å². The second kappa shape index (κ2) is 7.44.